The van der Waals surface area contributed by atoms with Gasteiger partial charge in [-0.1, -0.05) is 54.6 Å². The van der Waals surface area contributed by atoms with E-state index < -0.39 is 11.6 Å². The molecule has 0 bridgehead atoms. The second-order valence-electron chi connectivity index (χ2n) is 10.3. The second kappa shape index (κ2) is 11.4. The lowest BCUT2D eigenvalue weighted by atomic mass is 9.90. The van der Waals surface area contributed by atoms with Crippen LogP contribution in [-0.2, 0) is 4.79 Å². The summed E-state index contributed by atoms with van der Waals surface area (Å²) in [5, 5.41) is 8.54. The van der Waals surface area contributed by atoms with Crippen molar-refractivity contribution in [2.75, 3.05) is 0 Å². The van der Waals surface area contributed by atoms with Crippen LogP contribution in [0.4, 0.5) is 0 Å². The van der Waals surface area contributed by atoms with E-state index in [-0.39, 0.29) is 5.76 Å². The van der Waals surface area contributed by atoms with Crippen molar-refractivity contribution in [2.45, 2.75) is 19.3 Å². The molecule has 204 valence electrons. The number of hydrogen-bond acceptors (Lipinski definition) is 5. The van der Waals surface area contributed by atoms with E-state index in [2.05, 4.69) is 47.2 Å². The molecule has 42 heavy (non-hydrogen) atoms. The Labute approximate surface area is 252 Å². The Morgan fingerprint density at radius 2 is 1.17 bits per heavy atom. The Hall–Kier alpha value is -4.58. The van der Waals surface area contributed by atoms with Gasteiger partial charge in [0.05, 0.1) is 0 Å². The average molecular weight is 583 g/mol. The van der Waals surface area contributed by atoms with Gasteiger partial charge >= 0.3 is 0 Å². The third-order valence-electron chi connectivity index (χ3n) is 7.66. The van der Waals surface area contributed by atoms with Crippen LogP contribution < -0.4 is 4.74 Å². The van der Waals surface area contributed by atoms with Crippen LogP contribution in [0.2, 0.25) is 0 Å². The number of ketones is 2. The van der Waals surface area contributed by atoms with Gasteiger partial charge in [0.1, 0.15) is 5.75 Å². The van der Waals surface area contributed by atoms with E-state index in [1.165, 1.54) is 29.0 Å². The molecule has 0 N–H and O–H groups in total. The molecule has 0 fully saturated rings. The molecule has 0 radical (unpaired) electrons. The maximum atomic E-state index is 12.7. The minimum absolute atomic E-state index is 0.0545. The molecule has 5 heteroatoms. The zero-order valence-corrected chi connectivity index (χ0v) is 24.3. The molecule has 0 atom stereocenters. The van der Waals surface area contributed by atoms with Gasteiger partial charge in [0.2, 0.25) is 5.78 Å². The van der Waals surface area contributed by atoms with Crippen LogP contribution in [0.15, 0.2) is 120 Å². The zero-order valence-electron chi connectivity index (χ0n) is 22.7. The smallest absolute Gasteiger partial charge is 0.268 e. The highest BCUT2D eigenvalue weighted by atomic mass is 32.1. The summed E-state index contributed by atoms with van der Waals surface area (Å²) in [7, 11) is 0. The van der Waals surface area contributed by atoms with Crippen molar-refractivity contribution in [3.8, 4) is 5.75 Å². The summed E-state index contributed by atoms with van der Waals surface area (Å²) in [6.07, 6.45) is 5.49. The van der Waals surface area contributed by atoms with Gasteiger partial charge < -0.3 is 4.74 Å². The van der Waals surface area contributed by atoms with Crippen LogP contribution in [0.25, 0.3) is 38.8 Å². The molecule has 8 rings (SSSR count). The predicted molar refractivity (Wildman–Crippen MR) is 175 cm³/mol. The van der Waals surface area contributed by atoms with Crippen molar-refractivity contribution in [2.24, 2.45) is 0 Å². The maximum Gasteiger partial charge on any atom is 0.268 e. The summed E-state index contributed by atoms with van der Waals surface area (Å²) in [5.74, 6) is -0.570. The summed E-state index contributed by atoms with van der Waals surface area (Å²) in [5.41, 5.74) is 4.30. The van der Waals surface area contributed by atoms with Crippen LogP contribution in [0.5, 0.6) is 5.75 Å². The standard InChI is InChI=1S/C24H14O3.C13H12S2/c25-23-21-13-18-11-16-7-5-4-6-15(16)10-17(18)12-19(21)14-22(24(23)26)27-20-8-2-1-3-9-20;1-4-10(12-6-2-8-14-12)11(5-1)13-7-3-9-15-13/h1-14H;2-3,6-9H,1,4-5H2. The molecule has 3 nitrogen and oxygen atoms in total. The zero-order chi connectivity index (χ0) is 28.5. The van der Waals surface area contributed by atoms with Crippen LogP contribution in [-0.4, -0.2) is 11.6 Å². The van der Waals surface area contributed by atoms with Gasteiger partial charge in [-0.25, -0.2) is 0 Å². The first-order chi connectivity index (χ1) is 20.6. The third kappa shape index (κ3) is 5.13. The van der Waals surface area contributed by atoms with Crippen molar-refractivity contribution < 1.29 is 14.3 Å². The summed E-state index contributed by atoms with van der Waals surface area (Å²) in [6.45, 7) is 0. The van der Waals surface area contributed by atoms with Crippen LogP contribution in [0.3, 0.4) is 0 Å². The number of benzene rings is 4. The highest BCUT2D eigenvalue weighted by molar-refractivity contribution is 7.12. The second-order valence-corrected chi connectivity index (χ2v) is 12.2. The van der Waals surface area contributed by atoms with E-state index in [0.717, 1.165) is 21.5 Å². The van der Waals surface area contributed by atoms with E-state index in [1.54, 1.807) is 35.4 Å². The molecule has 0 amide bonds. The number of fused-ring (bicyclic) bond motifs is 3. The molecule has 2 heterocycles. The molecule has 0 spiro atoms. The summed E-state index contributed by atoms with van der Waals surface area (Å²) >= 11 is 3.74. The highest BCUT2D eigenvalue weighted by Gasteiger charge is 2.29. The SMILES string of the molecule is O=C1C(=O)c2cc3cc4ccccc4cc3cc2C=C1Oc1ccccc1.c1csc(C2=C(c3cccs3)CCC2)c1. The topological polar surface area (TPSA) is 43.4 Å². The normalized spacial score (nSPS) is 14.5. The molecular formula is C37H26O3S2. The molecular weight excluding hydrogens is 557 g/mol. The quantitative estimate of drug-likeness (QED) is 0.153. The molecule has 2 aromatic heterocycles. The predicted octanol–water partition coefficient (Wildman–Crippen LogP) is 10.1. The highest BCUT2D eigenvalue weighted by Crippen LogP contribution is 2.42. The third-order valence-corrected chi connectivity index (χ3v) is 9.52. The van der Waals surface area contributed by atoms with E-state index in [4.69, 9.17) is 4.74 Å². The molecule has 0 saturated heterocycles. The average Bonchev–Trinajstić information content (AvgIpc) is 3.82. The fourth-order valence-corrected chi connectivity index (χ4v) is 7.30. The number of thiophene rings is 2. The molecule has 0 unspecified atom stereocenters. The van der Waals surface area contributed by atoms with Gasteiger partial charge in [-0.3, -0.25) is 9.59 Å². The molecule has 6 aromatic rings. The number of allylic oxidation sites excluding steroid dienone is 3. The number of ether oxygens (including phenoxy) is 1. The van der Waals surface area contributed by atoms with Crippen LogP contribution in [0.1, 0.15) is 44.9 Å². The largest absolute Gasteiger partial charge is 0.453 e. The monoisotopic (exact) mass is 582 g/mol. The van der Waals surface area contributed by atoms with E-state index >= 15 is 0 Å². The van der Waals surface area contributed by atoms with E-state index in [9.17, 15) is 9.59 Å². The Balaban J connectivity index is 0.000000162. The summed E-state index contributed by atoms with van der Waals surface area (Å²) < 4.78 is 5.67. The number of hydrogen-bond donors (Lipinski definition) is 0. The first-order valence-electron chi connectivity index (χ1n) is 13.9. The molecule has 0 aliphatic heterocycles. The van der Waals surface area contributed by atoms with Gasteiger partial charge in [-0.05, 0) is 123 Å². The first kappa shape index (κ1) is 26.3. The van der Waals surface area contributed by atoms with Gasteiger partial charge in [-0.2, -0.15) is 0 Å². The summed E-state index contributed by atoms with van der Waals surface area (Å²) in [6, 6.07) is 33.7. The Kier molecular flexibility index (Phi) is 7.12. The fraction of sp³-hybridized carbons (Fsp3) is 0.0811. The van der Waals surface area contributed by atoms with Crippen molar-refractivity contribution in [3.05, 3.63) is 141 Å². The number of para-hydroxylation sites is 1. The number of carbonyl (C=O) groups excluding carboxylic acids is 2. The molecule has 0 saturated carbocycles. The number of Topliss-reactive ketones (excluding diaryl/α,β-unsaturated/α-hetero) is 2. The Bertz CT molecular complexity index is 1950. The first-order valence-corrected chi connectivity index (χ1v) is 15.7. The van der Waals surface area contributed by atoms with E-state index in [1.807, 2.05) is 71.2 Å². The van der Waals surface area contributed by atoms with Crippen LogP contribution >= 0.6 is 22.7 Å². The minimum atomic E-state index is -0.619. The maximum absolute atomic E-state index is 12.7. The fourth-order valence-electron chi connectivity index (χ4n) is 5.65. The lowest BCUT2D eigenvalue weighted by Gasteiger charge is -2.16. The lowest BCUT2D eigenvalue weighted by molar-refractivity contribution is -0.113. The van der Waals surface area contributed by atoms with Crippen molar-refractivity contribution in [1.82, 2.24) is 0 Å². The Morgan fingerprint density at radius 3 is 1.76 bits per heavy atom. The van der Waals surface area contributed by atoms with Crippen molar-refractivity contribution >= 4 is 73.0 Å². The Morgan fingerprint density at radius 1 is 0.571 bits per heavy atom. The van der Waals surface area contributed by atoms with E-state index in [0.29, 0.717) is 16.9 Å². The molecule has 4 aromatic carbocycles. The molecule has 2 aliphatic carbocycles. The minimum Gasteiger partial charge on any atom is -0.453 e. The van der Waals surface area contributed by atoms with Crippen molar-refractivity contribution in [1.29, 1.82) is 0 Å². The van der Waals surface area contributed by atoms with Gasteiger partial charge in [0, 0.05) is 15.3 Å². The van der Waals surface area contributed by atoms with Gasteiger partial charge in [0.15, 0.2) is 5.76 Å². The number of rotatable bonds is 4. The van der Waals surface area contributed by atoms with Crippen LogP contribution in [0, 0.1) is 0 Å². The lowest BCUT2D eigenvalue weighted by Crippen LogP contribution is -2.24. The van der Waals surface area contributed by atoms with Gasteiger partial charge in [-0.15, -0.1) is 22.7 Å². The number of carbonyl (C=O) groups is 2. The van der Waals surface area contributed by atoms with Gasteiger partial charge in [0.25, 0.3) is 5.78 Å². The summed E-state index contributed by atoms with van der Waals surface area (Å²) in [4.78, 5) is 28.1. The molecule has 2 aliphatic rings. The van der Waals surface area contributed by atoms with Crippen molar-refractivity contribution in [3.63, 3.8) is 0 Å².